The topological polar surface area (TPSA) is 83.5 Å². The van der Waals surface area contributed by atoms with E-state index < -0.39 is 18.0 Å². The number of ether oxygens (including phenoxy) is 4. The number of benzene rings is 2. The SMILES string of the molecule is COC(=O)C1=C(C(=O)OC)C(c2ccc(OC)c(OC)c2)N(Cc2ccccc2)O1. The molecule has 0 aromatic heterocycles. The van der Waals surface area contributed by atoms with Crippen molar-refractivity contribution >= 4 is 11.9 Å². The van der Waals surface area contributed by atoms with Gasteiger partial charge in [-0.05, 0) is 23.3 Å². The third-order valence-electron chi connectivity index (χ3n) is 4.70. The molecule has 158 valence electrons. The monoisotopic (exact) mass is 413 g/mol. The van der Waals surface area contributed by atoms with Gasteiger partial charge in [0.25, 0.3) is 0 Å². The summed E-state index contributed by atoms with van der Waals surface area (Å²) in [5, 5.41) is 1.54. The number of rotatable bonds is 7. The van der Waals surface area contributed by atoms with Crippen LogP contribution < -0.4 is 9.47 Å². The fourth-order valence-corrected chi connectivity index (χ4v) is 3.28. The summed E-state index contributed by atoms with van der Waals surface area (Å²) in [6.07, 6.45) is 0. The fourth-order valence-electron chi connectivity index (χ4n) is 3.28. The van der Waals surface area contributed by atoms with Gasteiger partial charge in [-0.3, -0.25) is 0 Å². The molecule has 2 aromatic rings. The zero-order valence-electron chi connectivity index (χ0n) is 17.2. The normalized spacial score (nSPS) is 16.1. The van der Waals surface area contributed by atoms with Crippen LogP contribution in [0.5, 0.6) is 11.5 Å². The van der Waals surface area contributed by atoms with Gasteiger partial charge in [-0.15, -0.1) is 5.06 Å². The van der Waals surface area contributed by atoms with Gasteiger partial charge in [0.1, 0.15) is 11.6 Å². The zero-order valence-corrected chi connectivity index (χ0v) is 17.2. The smallest absolute Gasteiger partial charge is 0.376 e. The lowest BCUT2D eigenvalue weighted by Crippen LogP contribution is -2.26. The number of methoxy groups -OCH3 is 4. The highest BCUT2D eigenvalue weighted by atomic mass is 16.7. The van der Waals surface area contributed by atoms with E-state index >= 15 is 0 Å². The van der Waals surface area contributed by atoms with Crippen molar-refractivity contribution in [1.82, 2.24) is 5.06 Å². The first-order valence-corrected chi connectivity index (χ1v) is 9.15. The molecular weight excluding hydrogens is 390 g/mol. The van der Waals surface area contributed by atoms with Crippen molar-refractivity contribution in [3.63, 3.8) is 0 Å². The number of hydrogen-bond acceptors (Lipinski definition) is 8. The molecular formula is C22H23NO7. The Bertz CT molecular complexity index is 955. The van der Waals surface area contributed by atoms with E-state index in [2.05, 4.69) is 0 Å². The Labute approximate surface area is 174 Å². The number of carbonyl (C=O) groups is 2. The highest BCUT2D eigenvalue weighted by Gasteiger charge is 2.44. The van der Waals surface area contributed by atoms with E-state index in [-0.39, 0.29) is 11.3 Å². The van der Waals surface area contributed by atoms with Gasteiger partial charge < -0.3 is 23.8 Å². The Kier molecular flexibility index (Phi) is 6.58. The number of esters is 2. The van der Waals surface area contributed by atoms with Crippen LogP contribution in [0, 0.1) is 0 Å². The highest BCUT2D eigenvalue weighted by Crippen LogP contribution is 2.42. The minimum Gasteiger partial charge on any atom is -0.493 e. The van der Waals surface area contributed by atoms with Crippen LogP contribution in [0.1, 0.15) is 17.2 Å². The van der Waals surface area contributed by atoms with Gasteiger partial charge in [0.15, 0.2) is 11.5 Å². The first-order valence-electron chi connectivity index (χ1n) is 9.15. The zero-order chi connectivity index (χ0) is 21.7. The molecule has 1 aliphatic heterocycles. The number of carbonyl (C=O) groups excluding carboxylic acids is 2. The van der Waals surface area contributed by atoms with Crippen molar-refractivity contribution in [1.29, 1.82) is 0 Å². The van der Waals surface area contributed by atoms with Crippen molar-refractivity contribution < 1.29 is 33.4 Å². The molecule has 1 unspecified atom stereocenters. The van der Waals surface area contributed by atoms with Crippen LogP contribution in [0.4, 0.5) is 0 Å². The first kappa shape index (κ1) is 21.2. The molecule has 0 saturated heterocycles. The lowest BCUT2D eigenvalue weighted by Gasteiger charge is -2.25. The summed E-state index contributed by atoms with van der Waals surface area (Å²) < 4.78 is 20.5. The molecule has 8 heteroatoms. The van der Waals surface area contributed by atoms with Crippen molar-refractivity contribution in [3.05, 3.63) is 71.0 Å². The van der Waals surface area contributed by atoms with Crippen molar-refractivity contribution in [2.24, 2.45) is 0 Å². The summed E-state index contributed by atoms with van der Waals surface area (Å²) in [4.78, 5) is 30.8. The lowest BCUT2D eigenvalue weighted by molar-refractivity contribution is -0.160. The molecule has 0 amide bonds. The van der Waals surface area contributed by atoms with Gasteiger partial charge in [-0.1, -0.05) is 36.4 Å². The Morgan fingerprint density at radius 3 is 2.17 bits per heavy atom. The second-order valence-electron chi connectivity index (χ2n) is 6.40. The quantitative estimate of drug-likeness (QED) is 0.641. The summed E-state index contributed by atoms with van der Waals surface area (Å²) in [5.74, 6) is -0.654. The van der Waals surface area contributed by atoms with Crippen LogP contribution >= 0.6 is 0 Å². The standard InChI is InChI=1S/C22H23NO7/c1-26-16-11-10-15(12-17(16)27-2)19-18(21(24)28-3)20(22(25)29-4)30-23(19)13-14-8-6-5-7-9-14/h5-12,19H,13H2,1-4H3. The molecule has 0 N–H and O–H groups in total. The maximum Gasteiger partial charge on any atom is 0.376 e. The third-order valence-corrected chi connectivity index (χ3v) is 4.70. The van der Waals surface area contributed by atoms with E-state index in [0.29, 0.717) is 23.6 Å². The number of nitrogens with zero attached hydrogens (tertiary/aromatic N) is 1. The largest absolute Gasteiger partial charge is 0.493 e. The van der Waals surface area contributed by atoms with Gasteiger partial charge in [0, 0.05) is 0 Å². The minimum atomic E-state index is -0.767. The van der Waals surface area contributed by atoms with Gasteiger partial charge >= 0.3 is 11.9 Å². The lowest BCUT2D eigenvalue weighted by atomic mass is 9.97. The predicted molar refractivity (Wildman–Crippen MR) is 106 cm³/mol. The molecule has 1 aliphatic rings. The van der Waals surface area contributed by atoms with E-state index in [4.69, 9.17) is 23.8 Å². The van der Waals surface area contributed by atoms with E-state index in [1.807, 2.05) is 30.3 Å². The van der Waals surface area contributed by atoms with E-state index in [1.165, 1.54) is 33.5 Å². The van der Waals surface area contributed by atoms with Crippen molar-refractivity contribution in [2.45, 2.75) is 12.6 Å². The van der Waals surface area contributed by atoms with Crippen LogP contribution in [0.25, 0.3) is 0 Å². The summed E-state index contributed by atoms with van der Waals surface area (Å²) in [6, 6.07) is 14.0. The number of hydroxylamine groups is 2. The fraction of sp³-hybridized carbons (Fsp3) is 0.273. The summed E-state index contributed by atoms with van der Waals surface area (Å²) in [6.45, 7) is 0.306. The molecule has 0 aliphatic carbocycles. The predicted octanol–water partition coefficient (Wildman–Crippen LogP) is 2.79. The summed E-state index contributed by atoms with van der Waals surface area (Å²) >= 11 is 0. The second kappa shape index (κ2) is 9.32. The van der Waals surface area contributed by atoms with Gasteiger partial charge in [0.2, 0.25) is 5.76 Å². The van der Waals surface area contributed by atoms with Crippen LogP contribution in [0.15, 0.2) is 59.9 Å². The molecule has 0 spiro atoms. The Morgan fingerprint density at radius 1 is 0.900 bits per heavy atom. The van der Waals surface area contributed by atoms with Crippen molar-refractivity contribution in [2.75, 3.05) is 28.4 Å². The first-order chi connectivity index (χ1) is 14.5. The van der Waals surface area contributed by atoms with Gasteiger partial charge in [0.05, 0.1) is 35.0 Å². The van der Waals surface area contributed by atoms with Gasteiger partial charge in [-0.25, -0.2) is 9.59 Å². The number of hydrogen-bond donors (Lipinski definition) is 0. The maximum absolute atomic E-state index is 12.7. The van der Waals surface area contributed by atoms with Crippen LogP contribution in [0.3, 0.4) is 0 Å². The Balaban J connectivity index is 2.12. The van der Waals surface area contributed by atoms with Crippen LogP contribution in [-0.4, -0.2) is 45.4 Å². The van der Waals surface area contributed by atoms with Crippen LogP contribution in [-0.2, 0) is 30.4 Å². The Hall–Kier alpha value is -3.52. The maximum atomic E-state index is 12.7. The molecule has 0 bridgehead atoms. The molecule has 1 heterocycles. The molecule has 0 saturated carbocycles. The van der Waals surface area contributed by atoms with Gasteiger partial charge in [-0.2, -0.15) is 0 Å². The molecule has 0 fully saturated rings. The van der Waals surface area contributed by atoms with Crippen molar-refractivity contribution in [3.8, 4) is 11.5 Å². The minimum absolute atomic E-state index is 0.0486. The van der Waals surface area contributed by atoms with E-state index in [0.717, 1.165) is 5.56 Å². The molecule has 8 nitrogen and oxygen atoms in total. The average Bonchev–Trinajstić information content (AvgIpc) is 3.17. The molecule has 30 heavy (non-hydrogen) atoms. The van der Waals surface area contributed by atoms with E-state index in [9.17, 15) is 9.59 Å². The molecule has 2 aromatic carbocycles. The summed E-state index contributed by atoms with van der Waals surface area (Å²) in [5.41, 5.74) is 1.63. The Morgan fingerprint density at radius 2 is 1.57 bits per heavy atom. The third kappa shape index (κ3) is 4.08. The molecule has 1 atom stereocenters. The average molecular weight is 413 g/mol. The molecule has 0 radical (unpaired) electrons. The van der Waals surface area contributed by atoms with E-state index in [1.54, 1.807) is 18.2 Å². The highest BCUT2D eigenvalue weighted by molar-refractivity contribution is 6.00. The second-order valence-corrected chi connectivity index (χ2v) is 6.40. The molecule has 3 rings (SSSR count). The van der Waals surface area contributed by atoms with Crippen LogP contribution in [0.2, 0.25) is 0 Å². The summed E-state index contributed by atoms with van der Waals surface area (Å²) in [7, 11) is 5.52.